The Balaban J connectivity index is 1.28. The van der Waals surface area contributed by atoms with E-state index in [9.17, 15) is 4.79 Å². The molecule has 0 spiro atoms. The first-order chi connectivity index (χ1) is 15.1. The maximum absolute atomic E-state index is 12.4. The highest BCUT2D eigenvalue weighted by Crippen LogP contribution is 2.23. The Morgan fingerprint density at radius 2 is 1.90 bits per heavy atom. The van der Waals surface area contributed by atoms with Gasteiger partial charge >= 0.3 is 0 Å². The number of carbonyl (C=O) groups is 1. The second-order valence-electron chi connectivity index (χ2n) is 7.17. The SMILES string of the molecule is COc1ccc(-c2cc(C(=O)NCCc3n[nH]c(Cc4ccc(C)cc4)n3)no2)cc1. The Kier molecular flexibility index (Phi) is 6.07. The quantitative estimate of drug-likeness (QED) is 0.455. The van der Waals surface area contributed by atoms with E-state index in [-0.39, 0.29) is 11.6 Å². The maximum Gasteiger partial charge on any atom is 0.273 e. The minimum atomic E-state index is -0.307. The lowest BCUT2D eigenvalue weighted by molar-refractivity contribution is 0.0945. The number of hydrogen-bond acceptors (Lipinski definition) is 6. The number of aromatic nitrogens is 4. The normalized spacial score (nSPS) is 10.8. The van der Waals surface area contributed by atoms with Crippen molar-refractivity contribution in [3.63, 3.8) is 0 Å². The summed E-state index contributed by atoms with van der Waals surface area (Å²) in [4.78, 5) is 16.8. The van der Waals surface area contributed by atoms with Crippen LogP contribution in [-0.2, 0) is 12.8 Å². The largest absolute Gasteiger partial charge is 0.497 e. The molecule has 1 amide bonds. The van der Waals surface area contributed by atoms with E-state index < -0.39 is 0 Å². The van der Waals surface area contributed by atoms with Crippen LogP contribution in [0.4, 0.5) is 0 Å². The summed E-state index contributed by atoms with van der Waals surface area (Å²) in [5, 5.41) is 13.9. The Morgan fingerprint density at radius 3 is 2.65 bits per heavy atom. The van der Waals surface area contributed by atoms with Crippen molar-refractivity contribution in [1.82, 2.24) is 25.7 Å². The van der Waals surface area contributed by atoms with Gasteiger partial charge in [0, 0.05) is 31.0 Å². The van der Waals surface area contributed by atoms with Crippen LogP contribution in [0.25, 0.3) is 11.3 Å². The van der Waals surface area contributed by atoms with Crippen LogP contribution < -0.4 is 10.1 Å². The molecule has 0 atom stereocenters. The van der Waals surface area contributed by atoms with Crippen LogP contribution in [0.5, 0.6) is 5.75 Å². The third-order valence-electron chi connectivity index (χ3n) is 4.82. The third kappa shape index (κ3) is 5.16. The molecule has 31 heavy (non-hydrogen) atoms. The molecule has 0 radical (unpaired) electrons. The van der Waals surface area contributed by atoms with Crippen molar-refractivity contribution in [2.45, 2.75) is 19.8 Å². The zero-order valence-electron chi connectivity index (χ0n) is 17.4. The van der Waals surface area contributed by atoms with Gasteiger partial charge in [0.15, 0.2) is 17.3 Å². The molecule has 0 saturated carbocycles. The van der Waals surface area contributed by atoms with Crippen molar-refractivity contribution >= 4 is 5.91 Å². The molecule has 0 saturated heterocycles. The average molecular weight is 417 g/mol. The third-order valence-corrected chi connectivity index (χ3v) is 4.82. The van der Waals surface area contributed by atoms with Crippen molar-refractivity contribution < 1.29 is 14.1 Å². The van der Waals surface area contributed by atoms with Crippen LogP contribution in [0.3, 0.4) is 0 Å². The number of nitrogens with zero attached hydrogens (tertiary/aromatic N) is 3. The van der Waals surface area contributed by atoms with Crippen molar-refractivity contribution in [3.8, 4) is 17.1 Å². The molecule has 4 rings (SSSR count). The van der Waals surface area contributed by atoms with Gasteiger partial charge in [-0.25, -0.2) is 4.98 Å². The van der Waals surface area contributed by atoms with Gasteiger partial charge in [-0.1, -0.05) is 35.0 Å². The Labute approximate surface area is 179 Å². The van der Waals surface area contributed by atoms with E-state index in [4.69, 9.17) is 9.26 Å². The molecule has 2 aromatic carbocycles. The van der Waals surface area contributed by atoms with Gasteiger partial charge < -0.3 is 14.6 Å². The summed E-state index contributed by atoms with van der Waals surface area (Å²) >= 11 is 0. The highest BCUT2D eigenvalue weighted by Gasteiger charge is 2.14. The number of ether oxygens (including phenoxy) is 1. The zero-order chi connectivity index (χ0) is 21.6. The molecule has 2 aromatic heterocycles. The fourth-order valence-electron chi connectivity index (χ4n) is 3.08. The van der Waals surface area contributed by atoms with E-state index in [0.717, 1.165) is 17.1 Å². The average Bonchev–Trinajstić information content (AvgIpc) is 3.45. The first-order valence-electron chi connectivity index (χ1n) is 9.96. The van der Waals surface area contributed by atoms with Gasteiger partial charge in [0.05, 0.1) is 7.11 Å². The lowest BCUT2D eigenvalue weighted by Gasteiger charge is -2.00. The van der Waals surface area contributed by atoms with Crippen LogP contribution in [0.15, 0.2) is 59.1 Å². The summed E-state index contributed by atoms with van der Waals surface area (Å²) in [6, 6.07) is 17.3. The number of hydrogen-bond donors (Lipinski definition) is 2. The Bertz CT molecular complexity index is 1150. The predicted octanol–water partition coefficient (Wildman–Crippen LogP) is 3.34. The van der Waals surface area contributed by atoms with Crippen LogP contribution in [0, 0.1) is 6.92 Å². The predicted molar refractivity (Wildman–Crippen MR) is 115 cm³/mol. The highest BCUT2D eigenvalue weighted by molar-refractivity contribution is 5.93. The highest BCUT2D eigenvalue weighted by atomic mass is 16.5. The maximum atomic E-state index is 12.4. The number of aromatic amines is 1. The number of benzene rings is 2. The molecule has 2 heterocycles. The number of rotatable bonds is 8. The summed E-state index contributed by atoms with van der Waals surface area (Å²) < 4.78 is 10.4. The van der Waals surface area contributed by atoms with E-state index in [2.05, 4.69) is 56.8 Å². The molecular weight excluding hydrogens is 394 g/mol. The molecule has 0 aliphatic rings. The topological polar surface area (TPSA) is 106 Å². The number of H-pyrrole nitrogens is 1. The summed E-state index contributed by atoms with van der Waals surface area (Å²) in [6.07, 6.45) is 1.20. The van der Waals surface area contributed by atoms with Crippen LogP contribution in [-0.4, -0.2) is 39.9 Å². The van der Waals surface area contributed by atoms with Crippen molar-refractivity contribution in [2.24, 2.45) is 0 Å². The first kappa shape index (κ1) is 20.3. The molecule has 8 nitrogen and oxygen atoms in total. The number of nitrogens with one attached hydrogen (secondary N) is 2. The molecular formula is C23H23N5O3. The van der Waals surface area contributed by atoms with E-state index in [0.29, 0.717) is 31.0 Å². The lowest BCUT2D eigenvalue weighted by atomic mass is 10.1. The Hall–Kier alpha value is -3.94. The minimum Gasteiger partial charge on any atom is -0.497 e. The standard InChI is InChI=1S/C23H23N5O3/c1-15-3-5-16(6-4-15)13-22-25-21(26-27-22)11-12-24-23(29)19-14-20(31-28-19)17-7-9-18(30-2)10-8-17/h3-10,14H,11-13H2,1-2H3,(H,24,29)(H,25,26,27). The summed E-state index contributed by atoms with van der Waals surface area (Å²) in [5.41, 5.74) is 3.43. The Morgan fingerprint density at radius 1 is 1.13 bits per heavy atom. The lowest BCUT2D eigenvalue weighted by Crippen LogP contribution is -2.26. The monoisotopic (exact) mass is 417 g/mol. The minimum absolute atomic E-state index is 0.223. The van der Waals surface area contributed by atoms with Gasteiger partial charge in [0.1, 0.15) is 11.6 Å². The van der Waals surface area contributed by atoms with E-state index in [1.807, 2.05) is 24.3 Å². The zero-order valence-corrected chi connectivity index (χ0v) is 17.4. The molecule has 0 unspecified atom stereocenters. The van der Waals surface area contributed by atoms with Crippen LogP contribution in [0.2, 0.25) is 0 Å². The molecule has 2 N–H and O–H groups in total. The van der Waals surface area contributed by atoms with E-state index in [1.54, 1.807) is 13.2 Å². The van der Waals surface area contributed by atoms with Gasteiger partial charge in [0.2, 0.25) is 0 Å². The molecule has 8 heteroatoms. The summed E-state index contributed by atoms with van der Waals surface area (Å²) in [7, 11) is 1.61. The molecule has 0 fully saturated rings. The molecule has 0 aliphatic carbocycles. The number of aryl methyl sites for hydroxylation is 1. The van der Waals surface area contributed by atoms with E-state index >= 15 is 0 Å². The van der Waals surface area contributed by atoms with Gasteiger partial charge in [-0.05, 0) is 36.8 Å². The fourth-order valence-corrected chi connectivity index (χ4v) is 3.08. The summed E-state index contributed by atoms with van der Waals surface area (Å²) in [5.74, 6) is 2.41. The van der Waals surface area contributed by atoms with Gasteiger partial charge in [-0.3, -0.25) is 9.89 Å². The number of carbonyl (C=O) groups excluding carboxylic acids is 1. The molecule has 0 aliphatic heterocycles. The second kappa shape index (κ2) is 9.25. The van der Waals surface area contributed by atoms with Gasteiger partial charge in [-0.2, -0.15) is 5.10 Å². The van der Waals surface area contributed by atoms with Crippen molar-refractivity contribution in [2.75, 3.05) is 13.7 Å². The summed E-state index contributed by atoms with van der Waals surface area (Å²) in [6.45, 7) is 2.45. The van der Waals surface area contributed by atoms with Crippen LogP contribution >= 0.6 is 0 Å². The smallest absolute Gasteiger partial charge is 0.273 e. The van der Waals surface area contributed by atoms with E-state index in [1.165, 1.54) is 11.1 Å². The van der Waals surface area contributed by atoms with Gasteiger partial charge in [0.25, 0.3) is 5.91 Å². The molecule has 158 valence electrons. The second-order valence-corrected chi connectivity index (χ2v) is 7.17. The van der Waals surface area contributed by atoms with Crippen molar-refractivity contribution in [1.29, 1.82) is 0 Å². The molecule has 0 bridgehead atoms. The van der Waals surface area contributed by atoms with Crippen LogP contribution in [0.1, 0.15) is 33.3 Å². The van der Waals surface area contributed by atoms with Crippen molar-refractivity contribution in [3.05, 3.63) is 83.1 Å². The van der Waals surface area contributed by atoms with Gasteiger partial charge in [-0.15, -0.1) is 0 Å². The number of methoxy groups -OCH3 is 1. The number of amides is 1. The fraction of sp³-hybridized carbons (Fsp3) is 0.217. The molecule has 4 aromatic rings. The first-order valence-corrected chi connectivity index (χ1v) is 9.96.